The minimum Gasteiger partial charge on any atom is -1.00 e. The van der Waals surface area contributed by atoms with Crippen molar-refractivity contribution >= 4 is 39.4 Å². The third-order valence-corrected chi connectivity index (χ3v) is 6.91. The molecule has 0 saturated heterocycles. The molecule has 0 amide bonds. The van der Waals surface area contributed by atoms with Gasteiger partial charge in [0.15, 0.2) is 0 Å². The summed E-state index contributed by atoms with van der Waals surface area (Å²) in [7, 11) is -4.21. The summed E-state index contributed by atoms with van der Waals surface area (Å²) in [6.45, 7) is 4.53. The average molecular weight is 529 g/mol. The zero-order chi connectivity index (χ0) is 25.2. The maximum atomic E-state index is 11.8. The molecule has 0 aliphatic carbocycles. The van der Waals surface area contributed by atoms with E-state index < -0.39 is 16.4 Å². The fraction of sp³-hybridized carbons (Fsp3) is 0.893. The van der Waals surface area contributed by atoms with E-state index >= 15 is 0 Å². The van der Waals surface area contributed by atoms with Crippen LogP contribution in [0.4, 0.5) is 0 Å². The van der Waals surface area contributed by atoms with Crippen molar-refractivity contribution in [3.8, 4) is 0 Å². The molecule has 0 aromatic carbocycles. The van der Waals surface area contributed by atoms with E-state index in [0.717, 1.165) is 38.5 Å². The Labute approximate surface area is 237 Å². The minimum absolute atomic E-state index is 0. The van der Waals surface area contributed by atoms with Crippen molar-refractivity contribution in [1.82, 2.24) is 0 Å². The zero-order valence-corrected chi connectivity index (χ0v) is 25.3. The molecule has 0 fully saturated rings. The molecule has 5 nitrogen and oxygen atoms in total. The summed E-state index contributed by atoms with van der Waals surface area (Å²) in [6.07, 6.45) is 28.9. The molecule has 35 heavy (non-hydrogen) atoms. The van der Waals surface area contributed by atoms with Crippen LogP contribution < -0.4 is 0 Å². The van der Waals surface area contributed by atoms with Crippen molar-refractivity contribution in [3.05, 3.63) is 12.2 Å². The van der Waals surface area contributed by atoms with Gasteiger partial charge >= 0.3 is 39.4 Å². The first-order chi connectivity index (χ1) is 16.5. The van der Waals surface area contributed by atoms with Crippen LogP contribution in [0.3, 0.4) is 0 Å². The van der Waals surface area contributed by atoms with E-state index in [2.05, 4.69) is 30.2 Å². The Morgan fingerprint density at radius 2 is 1.03 bits per heavy atom. The molecule has 0 aromatic rings. The molecule has 0 aromatic heterocycles. The van der Waals surface area contributed by atoms with Crippen molar-refractivity contribution < 1.29 is 24.4 Å². The Kier molecular flexibility index (Phi) is 30.1. The summed E-state index contributed by atoms with van der Waals surface area (Å²) < 4.78 is 32.8. The Bertz CT molecular complexity index is 589. The molecule has 0 bridgehead atoms. The van der Waals surface area contributed by atoms with Gasteiger partial charge in [-0.15, -0.1) is 0 Å². The van der Waals surface area contributed by atoms with E-state index in [0.29, 0.717) is 12.8 Å². The summed E-state index contributed by atoms with van der Waals surface area (Å²) in [5.74, 6) is -0.714. The third-order valence-electron chi connectivity index (χ3n) is 6.06. The van der Waals surface area contributed by atoms with Crippen LogP contribution in [-0.2, 0) is 23.6 Å². The second kappa shape index (κ2) is 28.5. The molecular weight excluding hydrogens is 473 g/mol. The first-order valence-corrected chi connectivity index (χ1v) is 15.6. The van der Waals surface area contributed by atoms with E-state index in [1.165, 1.54) is 83.5 Å². The molecule has 0 aliphatic rings. The smallest absolute Gasteiger partial charge is 1.00 e. The van der Waals surface area contributed by atoms with Crippen LogP contribution in [0.1, 0.15) is 158 Å². The van der Waals surface area contributed by atoms with Crippen molar-refractivity contribution in [2.45, 2.75) is 155 Å². The number of hydrogen-bond donors (Lipinski definition) is 0. The van der Waals surface area contributed by atoms with Gasteiger partial charge in [-0.05, 0) is 38.5 Å². The first-order valence-electron chi connectivity index (χ1n) is 14.3. The second-order valence-corrected chi connectivity index (χ2v) is 10.7. The second-order valence-electron chi connectivity index (χ2n) is 9.49. The summed E-state index contributed by atoms with van der Waals surface area (Å²) in [6, 6.07) is 0. The van der Waals surface area contributed by atoms with Crippen molar-refractivity contribution in [2.24, 2.45) is 0 Å². The Morgan fingerprint density at radius 1 is 0.629 bits per heavy atom. The maximum Gasteiger partial charge on any atom is 2.00 e. The fourth-order valence-electron chi connectivity index (χ4n) is 3.92. The topological polar surface area (TPSA) is 69.7 Å². The van der Waals surface area contributed by atoms with Gasteiger partial charge in [-0.3, -0.25) is 4.79 Å². The van der Waals surface area contributed by atoms with E-state index in [9.17, 15) is 13.2 Å². The predicted molar refractivity (Wildman–Crippen MR) is 151 cm³/mol. The molecule has 0 unspecified atom stereocenters. The summed E-state index contributed by atoms with van der Waals surface area (Å²) in [5.41, 5.74) is 0. The molecular formula is C28H56MgO5S. The van der Waals surface area contributed by atoms with Gasteiger partial charge in [-0.2, -0.15) is 8.42 Å². The van der Waals surface area contributed by atoms with E-state index in [1.54, 1.807) is 0 Å². The van der Waals surface area contributed by atoms with Crippen LogP contribution in [0.25, 0.3) is 0 Å². The average Bonchev–Trinajstić information content (AvgIpc) is 2.80. The SMILES string of the molecule is CCCCCCCC/C=C\CCCCCCCC(=O)OS(=O)(=O)OCCCCCCCCCC.[H-].[H-].[Mg+2]. The molecule has 0 heterocycles. The van der Waals surface area contributed by atoms with Gasteiger partial charge in [0, 0.05) is 6.42 Å². The van der Waals surface area contributed by atoms with Gasteiger partial charge in [0.2, 0.25) is 0 Å². The van der Waals surface area contributed by atoms with Crippen LogP contribution in [0, 0.1) is 0 Å². The van der Waals surface area contributed by atoms with Crippen molar-refractivity contribution in [1.29, 1.82) is 0 Å². The molecule has 0 atom stereocenters. The molecule has 7 heteroatoms. The minimum atomic E-state index is -4.21. The standard InChI is InChI=1S/C28H54O5S.Mg.2H/c1-3-5-7-9-11-13-14-15-16-17-18-19-20-22-24-26-28(29)33-34(30,31)32-27-25-23-21-12-10-8-6-4-2;;;/h15-16H,3-14,17-27H2,1-2H3;;;/q;+2;2*-1/b16-15-;;;. The Hall–Kier alpha value is -0.114. The number of hydrogen-bond acceptors (Lipinski definition) is 5. The van der Waals surface area contributed by atoms with Crippen LogP contribution in [-0.4, -0.2) is 44.0 Å². The van der Waals surface area contributed by atoms with Crippen molar-refractivity contribution in [3.63, 3.8) is 0 Å². The predicted octanol–water partition coefficient (Wildman–Crippen LogP) is 8.81. The quantitative estimate of drug-likeness (QED) is 0.0637. The number of rotatable bonds is 26. The van der Waals surface area contributed by atoms with Gasteiger partial charge in [-0.1, -0.05) is 122 Å². The zero-order valence-electron chi connectivity index (χ0n) is 25.1. The number of carbonyl (C=O) groups excluding carboxylic acids is 1. The van der Waals surface area contributed by atoms with E-state index in [1.807, 2.05) is 0 Å². The summed E-state index contributed by atoms with van der Waals surface area (Å²) in [4.78, 5) is 11.8. The van der Waals surface area contributed by atoms with Gasteiger partial charge in [0.05, 0.1) is 6.61 Å². The number of unbranched alkanes of at least 4 members (excludes halogenated alkanes) is 18. The van der Waals surface area contributed by atoms with Crippen LogP contribution in [0.2, 0.25) is 0 Å². The number of carbonyl (C=O) groups is 1. The van der Waals surface area contributed by atoms with Gasteiger partial charge in [0.1, 0.15) is 0 Å². The first kappa shape index (κ1) is 37.0. The number of allylic oxidation sites excluding steroid dienone is 2. The Morgan fingerprint density at radius 3 is 1.51 bits per heavy atom. The van der Waals surface area contributed by atoms with E-state index in [4.69, 9.17) is 4.18 Å². The van der Waals surface area contributed by atoms with Crippen LogP contribution in [0.5, 0.6) is 0 Å². The Balaban J connectivity index is -0.00000181. The molecule has 0 spiro atoms. The van der Waals surface area contributed by atoms with Gasteiger partial charge in [0.25, 0.3) is 0 Å². The molecule has 0 N–H and O–H groups in total. The molecule has 0 radical (unpaired) electrons. The van der Waals surface area contributed by atoms with Crippen LogP contribution in [0.15, 0.2) is 12.2 Å². The monoisotopic (exact) mass is 528 g/mol. The van der Waals surface area contributed by atoms with E-state index in [-0.39, 0.29) is 38.9 Å². The molecule has 0 rings (SSSR count). The van der Waals surface area contributed by atoms with Gasteiger partial charge in [-0.25, -0.2) is 4.18 Å². The molecule has 0 aliphatic heterocycles. The normalized spacial score (nSPS) is 11.6. The van der Waals surface area contributed by atoms with Gasteiger partial charge < -0.3 is 7.04 Å². The fourth-order valence-corrected chi connectivity index (χ4v) is 4.60. The largest absolute Gasteiger partial charge is 2.00 e. The molecule has 0 saturated carbocycles. The summed E-state index contributed by atoms with van der Waals surface area (Å²) in [5, 5.41) is 0. The molecule has 206 valence electrons. The van der Waals surface area contributed by atoms with Crippen LogP contribution >= 0.6 is 0 Å². The maximum absolute atomic E-state index is 11.8. The third kappa shape index (κ3) is 30.0. The van der Waals surface area contributed by atoms with Crippen molar-refractivity contribution in [2.75, 3.05) is 6.61 Å². The summed E-state index contributed by atoms with van der Waals surface area (Å²) >= 11 is 0.